The van der Waals surface area contributed by atoms with Gasteiger partial charge in [-0.25, -0.2) is 4.98 Å². The molecule has 0 aromatic carbocycles. The third-order valence-corrected chi connectivity index (χ3v) is 2.55. The Hall–Kier alpha value is -1.12. The minimum absolute atomic E-state index is 0.265. The van der Waals surface area contributed by atoms with Crippen molar-refractivity contribution in [3.05, 3.63) is 18.2 Å². The third kappa shape index (κ3) is 1.05. The Balaban J connectivity index is 2.19. The second kappa shape index (κ2) is 2.73. The van der Waals surface area contributed by atoms with Gasteiger partial charge in [-0.05, 0) is 12.8 Å². The van der Waals surface area contributed by atoms with Crippen LogP contribution in [0.1, 0.15) is 29.8 Å². The summed E-state index contributed by atoms with van der Waals surface area (Å²) in [4.78, 5) is 15.6. The largest absolute Gasteiger partial charge is 0.331 e. The summed E-state index contributed by atoms with van der Waals surface area (Å²) in [6.45, 7) is 0. The van der Waals surface area contributed by atoms with E-state index in [2.05, 4.69) is 4.98 Å². The lowest BCUT2D eigenvalue weighted by molar-refractivity contribution is 0.0846. The fraction of sp³-hybridized carbons (Fsp3) is 0.556. The highest BCUT2D eigenvalue weighted by molar-refractivity contribution is 5.96. The first-order valence-electron chi connectivity index (χ1n) is 4.29. The molecule has 1 saturated carbocycles. The van der Waals surface area contributed by atoms with Gasteiger partial charge in [-0.1, -0.05) is 6.42 Å². The van der Waals surface area contributed by atoms with Gasteiger partial charge < -0.3 is 4.57 Å². The summed E-state index contributed by atoms with van der Waals surface area (Å²) in [6.07, 6.45) is 6.65. The van der Waals surface area contributed by atoms with Gasteiger partial charge in [-0.2, -0.15) is 0 Å². The van der Waals surface area contributed by atoms with Crippen molar-refractivity contribution in [1.82, 2.24) is 9.55 Å². The van der Waals surface area contributed by atoms with Crippen LogP contribution in [-0.4, -0.2) is 15.3 Å². The van der Waals surface area contributed by atoms with Crippen LogP contribution in [-0.2, 0) is 7.05 Å². The van der Waals surface area contributed by atoms with Crippen LogP contribution in [0.25, 0.3) is 0 Å². The van der Waals surface area contributed by atoms with E-state index in [0.717, 1.165) is 18.5 Å². The predicted octanol–water partition coefficient (Wildman–Crippen LogP) is 1.40. The molecule has 0 saturated heterocycles. The highest BCUT2D eigenvalue weighted by Crippen LogP contribution is 2.29. The minimum Gasteiger partial charge on any atom is -0.331 e. The Labute approximate surface area is 71.4 Å². The molecule has 2 rings (SSSR count). The molecule has 0 amide bonds. The smallest absolute Gasteiger partial charge is 0.183 e. The molecule has 1 aliphatic rings. The van der Waals surface area contributed by atoms with Crippen LogP contribution in [0, 0.1) is 5.92 Å². The quantitative estimate of drug-likeness (QED) is 0.619. The molecule has 0 aliphatic heterocycles. The molecule has 0 atom stereocenters. The summed E-state index contributed by atoms with van der Waals surface area (Å²) in [5, 5.41) is 0. The number of aromatic nitrogens is 2. The predicted molar refractivity (Wildman–Crippen MR) is 44.9 cm³/mol. The minimum atomic E-state index is 0.265. The second-order valence-corrected chi connectivity index (χ2v) is 3.38. The van der Waals surface area contributed by atoms with Crippen molar-refractivity contribution in [2.24, 2.45) is 13.0 Å². The maximum atomic E-state index is 11.6. The highest BCUT2D eigenvalue weighted by atomic mass is 16.1. The van der Waals surface area contributed by atoms with Crippen molar-refractivity contribution < 1.29 is 4.79 Å². The summed E-state index contributed by atoms with van der Waals surface area (Å²) in [5.74, 6) is 0.543. The number of rotatable bonds is 2. The van der Waals surface area contributed by atoms with Crippen molar-refractivity contribution in [1.29, 1.82) is 0 Å². The molecule has 1 aromatic rings. The van der Waals surface area contributed by atoms with Crippen molar-refractivity contribution in [2.45, 2.75) is 19.3 Å². The van der Waals surface area contributed by atoms with Crippen LogP contribution in [0.15, 0.2) is 12.5 Å². The highest BCUT2D eigenvalue weighted by Gasteiger charge is 2.27. The lowest BCUT2D eigenvalue weighted by Gasteiger charge is -2.23. The van der Waals surface area contributed by atoms with Gasteiger partial charge in [-0.15, -0.1) is 0 Å². The van der Waals surface area contributed by atoms with E-state index in [-0.39, 0.29) is 11.7 Å². The number of nitrogens with zero attached hydrogens (tertiary/aromatic N) is 2. The number of carbonyl (C=O) groups excluding carboxylic acids is 1. The molecule has 0 radical (unpaired) electrons. The Kier molecular flexibility index (Phi) is 1.71. The van der Waals surface area contributed by atoms with Gasteiger partial charge in [0, 0.05) is 13.0 Å². The normalized spacial score (nSPS) is 17.4. The molecular formula is C9H12N2O. The fourth-order valence-electron chi connectivity index (χ4n) is 1.47. The van der Waals surface area contributed by atoms with Crippen molar-refractivity contribution in [2.75, 3.05) is 0 Å². The average molecular weight is 164 g/mol. The van der Waals surface area contributed by atoms with E-state index in [1.807, 2.05) is 7.05 Å². The zero-order valence-electron chi connectivity index (χ0n) is 7.16. The van der Waals surface area contributed by atoms with Crippen LogP contribution in [0.3, 0.4) is 0 Å². The van der Waals surface area contributed by atoms with Gasteiger partial charge in [0.1, 0.15) is 5.69 Å². The maximum Gasteiger partial charge on any atom is 0.183 e. The van der Waals surface area contributed by atoms with Crippen LogP contribution in [0.5, 0.6) is 0 Å². The molecule has 1 aromatic heterocycles. The molecule has 0 N–H and O–H groups in total. The molecular weight excluding hydrogens is 152 g/mol. The zero-order valence-corrected chi connectivity index (χ0v) is 7.16. The number of Topliss-reactive ketones (excluding diaryl/α,β-unsaturated/α-hetero) is 1. The molecule has 12 heavy (non-hydrogen) atoms. The number of hydrogen-bond acceptors (Lipinski definition) is 2. The SMILES string of the molecule is Cn1cncc1C(=O)C1CCC1. The van der Waals surface area contributed by atoms with Crippen molar-refractivity contribution in [3.8, 4) is 0 Å². The van der Waals surface area contributed by atoms with E-state index in [9.17, 15) is 4.79 Å². The molecule has 0 bridgehead atoms. The molecule has 64 valence electrons. The van der Waals surface area contributed by atoms with Crippen molar-refractivity contribution in [3.63, 3.8) is 0 Å². The Morgan fingerprint density at radius 1 is 1.67 bits per heavy atom. The summed E-state index contributed by atoms with van der Waals surface area (Å²) < 4.78 is 1.79. The molecule has 1 aliphatic carbocycles. The van der Waals surface area contributed by atoms with Crippen LogP contribution < -0.4 is 0 Å². The Bertz CT molecular complexity index is 299. The third-order valence-electron chi connectivity index (χ3n) is 2.55. The monoisotopic (exact) mass is 164 g/mol. The summed E-state index contributed by atoms with van der Waals surface area (Å²) in [6, 6.07) is 0. The number of ketones is 1. The zero-order chi connectivity index (χ0) is 8.55. The summed E-state index contributed by atoms with van der Waals surface area (Å²) >= 11 is 0. The first-order valence-corrected chi connectivity index (χ1v) is 4.29. The first kappa shape index (κ1) is 7.53. The number of carbonyl (C=O) groups is 1. The number of hydrogen-bond donors (Lipinski definition) is 0. The van der Waals surface area contributed by atoms with Crippen molar-refractivity contribution >= 4 is 5.78 Å². The van der Waals surface area contributed by atoms with Gasteiger partial charge >= 0.3 is 0 Å². The topological polar surface area (TPSA) is 34.9 Å². The van der Waals surface area contributed by atoms with Gasteiger partial charge in [-0.3, -0.25) is 4.79 Å². The lowest BCUT2D eigenvalue weighted by atomic mass is 9.81. The lowest BCUT2D eigenvalue weighted by Crippen LogP contribution is -2.23. The van der Waals surface area contributed by atoms with E-state index in [4.69, 9.17) is 0 Å². The molecule has 0 spiro atoms. The number of aryl methyl sites for hydroxylation is 1. The van der Waals surface area contributed by atoms with E-state index in [1.165, 1.54) is 6.42 Å². The van der Waals surface area contributed by atoms with E-state index in [1.54, 1.807) is 17.1 Å². The van der Waals surface area contributed by atoms with Crippen LogP contribution in [0.4, 0.5) is 0 Å². The van der Waals surface area contributed by atoms with Crippen LogP contribution >= 0.6 is 0 Å². The van der Waals surface area contributed by atoms with E-state index >= 15 is 0 Å². The van der Waals surface area contributed by atoms with Crippen LogP contribution in [0.2, 0.25) is 0 Å². The molecule has 1 fully saturated rings. The number of imidazole rings is 1. The average Bonchev–Trinajstić information content (AvgIpc) is 2.31. The summed E-state index contributed by atoms with van der Waals surface area (Å²) in [5.41, 5.74) is 0.750. The van der Waals surface area contributed by atoms with Gasteiger partial charge in [0.2, 0.25) is 0 Å². The maximum absolute atomic E-state index is 11.6. The first-order chi connectivity index (χ1) is 5.79. The van der Waals surface area contributed by atoms with Gasteiger partial charge in [0.15, 0.2) is 5.78 Å². The van der Waals surface area contributed by atoms with E-state index < -0.39 is 0 Å². The molecule has 1 heterocycles. The Morgan fingerprint density at radius 3 is 2.83 bits per heavy atom. The second-order valence-electron chi connectivity index (χ2n) is 3.38. The summed E-state index contributed by atoms with van der Waals surface area (Å²) in [7, 11) is 1.86. The Morgan fingerprint density at radius 2 is 2.42 bits per heavy atom. The fourth-order valence-corrected chi connectivity index (χ4v) is 1.47. The molecule has 0 unspecified atom stereocenters. The van der Waals surface area contributed by atoms with Gasteiger partial charge in [0.25, 0.3) is 0 Å². The molecule has 3 nitrogen and oxygen atoms in total. The molecule has 3 heteroatoms. The van der Waals surface area contributed by atoms with E-state index in [0.29, 0.717) is 0 Å². The van der Waals surface area contributed by atoms with Gasteiger partial charge in [0.05, 0.1) is 12.5 Å². The standard InChI is InChI=1S/C9H12N2O/c1-11-6-10-5-8(11)9(12)7-3-2-4-7/h5-7H,2-4H2,1H3.